The molecule has 0 heterocycles. The van der Waals surface area contributed by atoms with Crippen molar-refractivity contribution in [3.63, 3.8) is 0 Å². The van der Waals surface area contributed by atoms with Crippen molar-refractivity contribution in [3.05, 3.63) is 29.6 Å². The van der Waals surface area contributed by atoms with Gasteiger partial charge in [-0.25, -0.2) is 12.8 Å². The van der Waals surface area contributed by atoms with E-state index in [-0.39, 0.29) is 6.54 Å². The summed E-state index contributed by atoms with van der Waals surface area (Å²) >= 11 is 0. The lowest BCUT2D eigenvalue weighted by Crippen LogP contribution is -2.39. The molecule has 0 fully saturated rings. The molecule has 20 heavy (non-hydrogen) atoms. The van der Waals surface area contributed by atoms with Crippen molar-refractivity contribution in [2.45, 2.75) is 24.0 Å². The first kappa shape index (κ1) is 16.9. The predicted octanol–water partition coefficient (Wildman–Crippen LogP) is 1.81. The summed E-state index contributed by atoms with van der Waals surface area (Å²) < 4.78 is 75.6. The lowest BCUT2D eigenvalue weighted by atomic mass is 10.2. The fourth-order valence-corrected chi connectivity index (χ4v) is 2.82. The molecule has 1 rings (SSSR count). The average molecular weight is 314 g/mol. The van der Waals surface area contributed by atoms with Crippen molar-refractivity contribution in [1.82, 2.24) is 4.31 Å². The molecule has 0 aromatic heterocycles. The van der Waals surface area contributed by atoms with E-state index in [0.29, 0.717) is 12.1 Å². The third-order valence-corrected chi connectivity index (χ3v) is 4.85. The normalized spacial score (nSPS) is 14.6. The number of hydrogen-bond donors (Lipinski definition) is 1. The van der Waals surface area contributed by atoms with Crippen LogP contribution < -0.4 is 5.73 Å². The number of hydrogen-bond acceptors (Lipinski definition) is 3. The number of benzene rings is 1. The predicted molar refractivity (Wildman–Crippen MR) is 64.9 cm³/mol. The Bertz CT molecular complexity index is 587. The molecule has 1 atom stereocenters. The summed E-state index contributed by atoms with van der Waals surface area (Å²) in [4.78, 5) is -0.550. The van der Waals surface area contributed by atoms with E-state index < -0.39 is 38.5 Å². The van der Waals surface area contributed by atoms with Crippen molar-refractivity contribution < 1.29 is 26.0 Å². The number of halogens is 4. The van der Waals surface area contributed by atoms with Gasteiger partial charge in [0.05, 0.1) is 10.5 Å². The van der Waals surface area contributed by atoms with Crippen LogP contribution in [-0.4, -0.2) is 32.4 Å². The molecular formula is C11H14F4N2O2S. The molecule has 0 amide bonds. The van der Waals surface area contributed by atoms with Gasteiger partial charge in [-0.05, 0) is 25.1 Å². The van der Waals surface area contributed by atoms with Gasteiger partial charge in [0.25, 0.3) is 0 Å². The molecule has 1 aromatic rings. The Balaban J connectivity index is 3.26. The van der Waals surface area contributed by atoms with Crippen LogP contribution in [0.15, 0.2) is 23.1 Å². The van der Waals surface area contributed by atoms with Gasteiger partial charge in [-0.2, -0.15) is 17.5 Å². The van der Waals surface area contributed by atoms with Crippen molar-refractivity contribution in [3.8, 4) is 0 Å². The van der Waals surface area contributed by atoms with Crippen LogP contribution in [0.3, 0.4) is 0 Å². The minimum Gasteiger partial charge on any atom is -0.329 e. The van der Waals surface area contributed by atoms with Crippen molar-refractivity contribution in [2.75, 3.05) is 13.6 Å². The van der Waals surface area contributed by atoms with Crippen LogP contribution in [0.25, 0.3) is 0 Å². The molecular weight excluding hydrogens is 300 g/mol. The molecule has 0 aliphatic carbocycles. The van der Waals surface area contributed by atoms with Gasteiger partial charge in [0.2, 0.25) is 10.0 Å². The summed E-state index contributed by atoms with van der Waals surface area (Å²) in [6, 6.07) is 0.924. The first-order valence-electron chi connectivity index (χ1n) is 5.56. The SMILES string of the molecule is CC(CN)N(C)S(=O)(=O)c1ccc(C(F)(F)F)c(F)c1. The zero-order valence-corrected chi connectivity index (χ0v) is 11.6. The molecule has 0 aliphatic rings. The minimum atomic E-state index is -4.87. The molecule has 114 valence electrons. The smallest absolute Gasteiger partial charge is 0.329 e. The molecule has 1 unspecified atom stereocenters. The van der Waals surface area contributed by atoms with Crippen LogP contribution in [0.5, 0.6) is 0 Å². The van der Waals surface area contributed by atoms with E-state index >= 15 is 0 Å². The van der Waals surface area contributed by atoms with E-state index in [1.165, 1.54) is 14.0 Å². The number of nitrogens with two attached hydrogens (primary N) is 1. The van der Waals surface area contributed by atoms with Gasteiger partial charge in [-0.15, -0.1) is 0 Å². The zero-order chi connectivity index (χ0) is 15.7. The molecule has 0 saturated heterocycles. The van der Waals surface area contributed by atoms with Gasteiger partial charge < -0.3 is 5.73 Å². The van der Waals surface area contributed by atoms with E-state index in [0.717, 1.165) is 10.4 Å². The van der Waals surface area contributed by atoms with Crippen LogP contribution in [0.1, 0.15) is 12.5 Å². The van der Waals surface area contributed by atoms with E-state index in [1.54, 1.807) is 0 Å². The third-order valence-electron chi connectivity index (χ3n) is 2.88. The highest BCUT2D eigenvalue weighted by atomic mass is 32.2. The Hall–Kier alpha value is -1.19. The second kappa shape index (κ2) is 5.66. The summed E-state index contributed by atoms with van der Waals surface area (Å²) in [7, 11) is -2.86. The monoisotopic (exact) mass is 314 g/mol. The van der Waals surface area contributed by atoms with Gasteiger partial charge >= 0.3 is 6.18 Å². The van der Waals surface area contributed by atoms with Gasteiger partial charge in [0.1, 0.15) is 5.82 Å². The summed E-state index contributed by atoms with van der Waals surface area (Å²) in [5, 5.41) is 0. The Kier molecular flexibility index (Phi) is 4.78. The second-order valence-corrected chi connectivity index (χ2v) is 6.24. The van der Waals surface area contributed by atoms with Gasteiger partial charge in [-0.1, -0.05) is 0 Å². The Labute approximate surface area is 114 Å². The average Bonchev–Trinajstić information content (AvgIpc) is 2.35. The first-order valence-corrected chi connectivity index (χ1v) is 7.00. The summed E-state index contributed by atoms with van der Waals surface area (Å²) in [5.41, 5.74) is 3.82. The van der Waals surface area contributed by atoms with Crippen LogP contribution in [-0.2, 0) is 16.2 Å². The summed E-state index contributed by atoms with van der Waals surface area (Å²) in [5.74, 6) is -1.63. The zero-order valence-electron chi connectivity index (χ0n) is 10.8. The molecule has 0 radical (unpaired) electrons. The maximum absolute atomic E-state index is 13.4. The molecule has 1 aromatic carbocycles. The second-order valence-electron chi connectivity index (χ2n) is 4.25. The molecule has 0 saturated carbocycles. The lowest BCUT2D eigenvalue weighted by molar-refractivity contribution is -0.140. The number of rotatable bonds is 4. The van der Waals surface area contributed by atoms with E-state index in [1.807, 2.05) is 0 Å². The molecule has 9 heteroatoms. The fourth-order valence-electron chi connectivity index (χ4n) is 1.44. The molecule has 0 spiro atoms. The highest BCUT2D eigenvalue weighted by Crippen LogP contribution is 2.32. The third kappa shape index (κ3) is 3.28. The van der Waals surface area contributed by atoms with Crippen molar-refractivity contribution in [1.29, 1.82) is 0 Å². The molecule has 2 N–H and O–H groups in total. The van der Waals surface area contributed by atoms with Crippen LogP contribution >= 0.6 is 0 Å². The standard InChI is InChI=1S/C11H14F4N2O2S/c1-7(6-16)17(2)20(18,19)8-3-4-9(10(12)5-8)11(13,14)15/h3-5,7H,6,16H2,1-2H3. The van der Waals surface area contributed by atoms with Crippen LogP contribution in [0.4, 0.5) is 17.6 Å². The van der Waals surface area contributed by atoms with Gasteiger partial charge in [-0.3, -0.25) is 0 Å². The van der Waals surface area contributed by atoms with E-state index in [2.05, 4.69) is 0 Å². The summed E-state index contributed by atoms with van der Waals surface area (Å²) in [6.07, 6.45) is -4.87. The Morgan fingerprint density at radius 2 is 1.90 bits per heavy atom. The minimum absolute atomic E-state index is 0.0266. The number of nitrogens with zero attached hydrogens (tertiary/aromatic N) is 1. The number of likely N-dealkylation sites (N-methyl/N-ethyl adjacent to an activating group) is 1. The number of alkyl halides is 3. The maximum Gasteiger partial charge on any atom is 0.419 e. The topological polar surface area (TPSA) is 63.4 Å². The maximum atomic E-state index is 13.4. The van der Waals surface area contributed by atoms with E-state index in [4.69, 9.17) is 5.73 Å². The fraction of sp³-hybridized carbons (Fsp3) is 0.455. The van der Waals surface area contributed by atoms with E-state index in [9.17, 15) is 26.0 Å². The van der Waals surface area contributed by atoms with Gasteiger partial charge in [0.15, 0.2) is 0 Å². The van der Waals surface area contributed by atoms with Crippen LogP contribution in [0, 0.1) is 5.82 Å². The molecule has 0 bridgehead atoms. The van der Waals surface area contributed by atoms with Crippen molar-refractivity contribution in [2.24, 2.45) is 5.73 Å². The quantitative estimate of drug-likeness (QED) is 0.862. The van der Waals surface area contributed by atoms with Gasteiger partial charge in [0, 0.05) is 19.6 Å². The van der Waals surface area contributed by atoms with Crippen molar-refractivity contribution >= 4 is 10.0 Å². The lowest BCUT2D eigenvalue weighted by Gasteiger charge is -2.23. The summed E-state index contributed by atoms with van der Waals surface area (Å²) in [6.45, 7) is 1.55. The number of sulfonamides is 1. The molecule has 4 nitrogen and oxygen atoms in total. The highest BCUT2D eigenvalue weighted by molar-refractivity contribution is 7.89. The van der Waals surface area contributed by atoms with Crippen LogP contribution in [0.2, 0.25) is 0 Å². The first-order chi connectivity index (χ1) is 9.01. The molecule has 0 aliphatic heterocycles. The highest BCUT2D eigenvalue weighted by Gasteiger charge is 2.35. The largest absolute Gasteiger partial charge is 0.419 e. The Morgan fingerprint density at radius 1 is 1.35 bits per heavy atom. The Morgan fingerprint density at radius 3 is 2.30 bits per heavy atom.